The number of nitrogens with zero attached hydrogens (tertiary/aromatic N) is 1. The molecule has 7 nitrogen and oxygen atoms in total. The molecule has 4 rings (SSSR count). The van der Waals surface area contributed by atoms with Gasteiger partial charge in [0.2, 0.25) is 5.91 Å². The Hall–Kier alpha value is -3.35. The lowest BCUT2D eigenvalue weighted by molar-refractivity contribution is -0.159. The van der Waals surface area contributed by atoms with Gasteiger partial charge in [0, 0.05) is 25.4 Å². The van der Waals surface area contributed by atoms with Crippen LogP contribution in [0.5, 0.6) is 0 Å². The van der Waals surface area contributed by atoms with Crippen LogP contribution in [0.15, 0.2) is 48.5 Å². The number of nitrogens with one attached hydrogen (secondary N) is 1. The molecule has 2 aliphatic rings. The molecular formula is C27H32N2O5. The third-order valence-electron chi connectivity index (χ3n) is 7.41. The molecule has 1 unspecified atom stereocenters. The van der Waals surface area contributed by atoms with Crippen molar-refractivity contribution in [3.63, 3.8) is 0 Å². The van der Waals surface area contributed by atoms with Gasteiger partial charge >= 0.3 is 12.1 Å². The van der Waals surface area contributed by atoms with Crippen LogP contribution in [0.25, 0.3) is 11.1 Å². The Morgan fingerprint density at radius 1 is 1.06 bits per heavy atom. The van der Waals surface area contributed by atoms with Crippen molar-refractivity contribution in [2.45, 2.75) is 50.5 Å². The topological polar surface area (TPSA) is 95.9 Å². The molecule has 0 saturated heterocycles. The normalized spacial score (nSPS) is 16.9. The number of ether oxygens (including phenoxy) is 1. The molecule has 0 radical (unpaired) electrons. The first-order chi connectivity index (χ1) is 16.3. The van der Waals surface area contributed by atoms with E-state index in [1.54, 1.807) is 14.0 Å². The van der Waals surface area contributed by atoms with E-state index in [9.17, 15) is 19.5 Å². The second-order valence-corrected chi connectivity index (χ2v) is 9.38. The van der Waals surface area contributed by atoms with Crippen LogP contribution in [0, 0.1) is 5.92 Å². The minimum Gasteiger partial charge on any atom is -0.479 e. The van der Waals surface area contributed by atoms with E-state index in [-0.39, 0.29) is 25.0 Å². The van der Waals surface area contributed by atoms with E-state index >= 15 is 0 Å². The van der Waals surface area contributed by atoms with Crippen LogP contribution in [-0.4, -0.2) is 53.7 Å². The van der Waals surface area contributed by atoms with Gasteiger partial charge < -0.3 is 20.1 Å². The van der Waals surface area contributed by atoms with Crippen LogP contribution in [0.4, 0.5) is 4.79 Å². The lowest BCUT2D eigenvalue weighted by atomic mass is 9.93. The lowest BCUT2D eigenvalue weighted by Gasteiger charge is -2.36. The number of rotatable bonds is 8. The largest absolute Gasteiger partial charge is 0.479 e. The molecule has 34 heavy (non-hydrogen) atoms. The Kier molecular flexibility index (Phi) is 6.91. The number of hydrogen-bond donors (Lipinski definition) is 2. The average Bonchev–Trinajstić information content (AvgIpc) is 3.46. The summed E-state index contributed by atoms with van der Waals surface area (Å²) in [6.07, 6.45) is 2.46. The predicted octanol–water partition coefficient (Wildman–Crippen LogP) is 4.41. The summed E-state index contributed by atoms with van der Waals surface area (Å²) >= 11 is 0. The van der Waals surface area contributed by atoms with E-state index in [2.05, 4.69) is 29.6 Å². The van der Waals surface area contributed by atoms with Gasteiger partial charge in [0.25, 0.3) is 0 Å². The molecule has 1 fully saturated rings. The predicted molar refractivity (Wildman–Crippen MR) is 128 cm³/mol. The number of benzene rings is 2. The minimum atomic E-state index is -1.11. The van der Waals surface area contributed by atoms with E-state index < -0.39 is 23.5 Å². The first-order valence-corrected chi connectivity index (χ1v) is 11.9. The Labute approximate surface area is 200 Å². The zero-order valence-corrected chi connectivity index (χ0v) is 19.8. The Bertz CT molecular complexity index is 1030. The van der Waals surface area contributed by atoms with Crippen molar-refractivity contribution >= 4 is 18.0 Å². The number of amides is 2. The first-order valence-electron chi connectivity index (χ1n) is 11.9. The van der Waals surface area contributed by atoms with Crippen LogP contribution >= 0.6 is 0 Å². The summed E-state index contributed by atoms with van der Waals surface area (Å²) in [6.45, 7) is 2.28. The number of carbonyl (C=O) groups is 3. The molecule has 1 atom stereocenters. The van der Waals surface area contributed by atoms with Gasteiger partial charge in [-0.25, -0.2) is 9.59 Å². The fourth-order valence-electron chi connectivity index (χ4n) is 5.36. The Morgan fingerprint density at radius 2 is 1.62 bits per heavy atom. The highest BCUT2D eigenvalue weighted by Crippen LogP contribution is 2.44. The molecule has 1 saturated carbocycles. The van der Waals surface area contributed by atoms with Crippen LogP contribution in [0.1, 0.15) is 56.1 Å². The maximum Gasteiger partial charge on any atom is 0.407 e. The molecule has 2 N–H and O–H groups in total. The molecule has 0 bridgehead atoms. The number of likely N-dealkylation sites (N-methyl/N-ethyl adjacent to an activating group) is 1. The standard InChI is InChI=1S/C27H32N2O5/c1-18(24(30)29(2)27(25(31)32)14-7-8-15-27)13-16-28-26(33)34-17-23-21-11-5-3-9-19(21)20-10-4-6-12-22(20)23/h3-6,9-12,18,23H,7-8,13-17H2,1-2H3,(H,28,33)(H,31,32). The van der Waals surface area contributed by atoms with Crippen molar-refractivity contribution in [3.05, 3.63) is 59.7 Å². The molecule has 0 heterocycles. The zero-order valence-electron chi connectivity index (χ0n) is 19.8. The molecular weight excluding hydrogens is 432 g/mol. The monoisotopic (exact) mass is 464 g/mol. The SMILES string of the molecule is CC(CCNC(=O)OCC1c2ccccc2-c2ccccc21)C(=O)N(C)C1(C(=O)O)CCCC1. The van der Waals surface area contributed by atoms with Crippen LogP contribution in [0.2, 0.25) is 0 Å². The summed E-state index contributed by atoms with van der Waals surface area (Å²) in [5, 5.41) is 12.5. The van der Waals surface area contributed by atoms with Crippen LogP contribution in [0.3, 0.4) is 0 Å². The highest BCUT2D eigenvalue weighted by molar-refractivity contribution is 5.88. The molecule has 180 valence electrons. The highest BCUT2D eigenvalue weighted by Gasteiger charge is 2.47. The summed E-state index contributed by atoms with van der Waals surface area (Å²) < 4.78 is 5.54. The van der Waals surface area contributed by atoms with Gasteiger partial charge in [-0.1, -0.05) is 68.3 Å². The molecule has 0 aliphatic heterocycles. The molecule has 2 amide bonds. The van der Waals surface area contributed by atoms with Crippen molar-refractivity contribution < 1.29 is 24.2 Å². The van der Waals surface area contributed by atoms with Gasteiger partial charge in [0.1, 0.15) is 12.1 Å². The number of alkyl carbamates (subject to hydrolysis) is 1. The quantitative estimate of drug-likeness (QED) is 0.603. The number of carbonyl (C=O) groups excluding carboxylic acids is 2. The van der Waals surface area contributed by atoms with Crippen molar-refractivity contribution in [2.75, 3.05) is 20.2 Å². The Morgan fingerprint density at radius 3 is 2.18 bits per heavy atom. The molecule has 0 spiro atoms. The summed E-state index contributed by atoms with van der Waals surface area (Å²) in [7, 11) is 1.58. The zero-order chi connectivity index (χ0) is 24.3. The van der Waals surface area contributed by atoms with Crippen molar-refractivity contribution in [1.82, 2.24) is 10.2 Å². The van der Waals surface area contributed by atoms with E-state index in [1.165, 1.54) is 16.0 Å². The van der Waals surface area contributed by atoms with Gasteiger partial charge in [0.05, 0.1) is 0 Å². The van der Waals surface area contributed by atoms with Crippen molar-refractivity contribution in [3.8, 4) is 11.1 Å². The van der Waals surface area contributed by atoms with Crippen molar-refractivity contribution in [2.24, 2.45) is 5.92 Å². The molecule has 0 aromatic heterocycles. The average molecular weight is 465 g/mol. The maximum absolute atomic E-state index is 12.9. The van der Waals surface area contributed by atoms with Crippen LogP contribution in [-0.2, 0) is 14.3 Å². The Balaban J connectivity index is 1.27. The number of carboxylic acid groups (broad SMARTS) is 1. The van der Waals surface area contributed by atoms with Gasteiger partial charge in [-0.15, -0.1) is 0 Å². The molecule has 7 heteroatoms. The van der Waals surface area contributed by atoms with Crippen LogP contribution < -0.4 is 5.32 Å². The number of carboxylic acids is 1. The summed E-state index contributed by atoms with van der Waals surface area (Å²) in [5.74, 6) is -1.56. The second kappa shape index (κ2) is 9.87. The van der Waals surface area contributed by atoms with Gasteiger partial charge in [-0.2, -0.15) is 0 Å². The maximum atomic E-state index is 12.9. The van der Waals surface area contributed by atoms with Gasteiger partial charge in [0.15, 0.2) is 0 Å². The van der Waals surface area contributed by atoms with Gasteiger partial charge in [-0.05, 0) is 41.5 Å². The lowest BCUT2D eigenvalue weighted by Crippen LogP contribution is -2.54. The fourth-order valence-corrected chi connectivity index (χ4v) is 5.36. The number of hydrogen-bond acceptors (Lipinski definition) is 4. The third-order valence-corrected chi connectivity index (χ3v) is 7.41. The third kappa shape index (κ3) is 4.39. The number of fused-ring (bicyclic) bond motifs is 3. The van der Waals surface area contributed by atoms with E-state index in [0.29, 0.717) is 19.3 Å². The second-order valence-electron chi connectivity index (χ2n) is 9.38. The highest BCUT2D eigenvalue weighted by atomic mass is 16.5. The van der Waals surface area contributed by atoms with E-state index in [4.69, 9.17) is 4.74 Å². The first kappa shape index (κ1) is 23.8. The summed E-state index contributed by atoms with van der Waals surface area (Å²) in [4.78, 5) is 38.5. The molecule has 2 aliphatic carbocycles. The van der Waals surface area contributed by atoms with Crippen molar-refractivity contribution in [1.29, 1.82) is 0 Å². The molecule has 2 aromatic carbocycles. The van der Waals surface area contributed by atoms with E-state index in [1.807, 2.05) is 24.3 Å². The van der Waals surface area contributed by atoms with Gasteiger partial charge in [-0.3, -0.25) is 4.79 Å². The minimum absolute atomic E-state index is 0.00841. The summed E-state index contributed by atoms with van der Waals surface area (Å²) in [6, 6.07) is 16.3. The van der Waals surface area contributed by atoms with E-state index in [0.717, 1.165) is 24.0 Å². The summed E-state index contributed by atoms with van der Waals surface area (Å²) in [5.41, 5.74) is 3.54. The molecule has 2 aromatic rings. The number of aliphatic carboxylic acids is 1. The fraction of sp³-hybridized carbons (Fsp3) is 0.444. The smallest absolute Gasteiger partial charge is 0.407 e.